The standard InChI is InChI=1S/C14H23N3O3/c1-16(2)9-5-4-8-15-11-12-10-13(17(18)19)6-7-14(12)20-3/h6-7,10,15H,4-5,8-9,11H2,1-3H3. The third kappa shape index (κ3) is 5.54. The molecule has 0 aliphatic heterocycles. The van der Waals surface area contributed by atoms with Gasteiger partial charge in [-0.05, 0) is 46.1 Å². The van der Waals surface area contributed by atoms with Crippen molar-refractivity contribution in [1.29, 1.82) is 0 Å². The highest BCUT2D eigenvalue weighted by Crippen LogP contribution is 2.23. The second-order valence-corrected chi connectivity index (χ2v) is 4.94. The molecule has 0 radical (unpaired) electrons. The maximum Gasteiger partial charge on any atom is 0.270 e. The van der Waals surface area contributed by atoms with E-state index in [1.165, 1.54) is 6.07 Å². The van der Waals surface area contributed by atoms with Crippen LogP contribution < -0.4 is 10.1 Å². The molecule has 0 spiro atoms. The predicted octanol–water partition coefficient (Wildman–Crippen LogP) is 2.03. The van der Waals surface area contributed by atoms with Crippen LogP contribution in [-0.2, 0) is 6.54 Å². The molecule has 0 fully saturated rings. The van der Waals surface area contributed by atoms with Crippen molar-refractivity contribution in [3.05, 3.63) is 33.9 Å². The van der Waals surface area contributed by atoms with Crippen LogP contribution >= 0.6 is 0 Å². The van der Waals surface area contributed by atoms with Gasteiger partial charge in [0.2, 0.25) is 0 Å². The highest BCUT2D eigenvalue weighted by atomic mass is 16.6. The van der Waals surface area contributed by atoms with Gasteiger partial charge in [0.1, 0.15) is 5.75 Å². The number of ether oxygens (including phenoxy) is 1. The zero-order valence-corrected chi connectivity index (χ0v) is 12.4. The summed E-state index contributed by atoms with van der Waals surface area (Å²) >= 11 is 0. The second-order valence-electron chi connectivity index (χ2n) is 4.94. The van der Waals surface area contributed by atoms with Gasteiger partial charge in [0.15, 0.2) is 0 Å². The number of rotatable bonds is 9. The zero-order chi connectivity index (χ0) is 15.0. The van der Waals surface area contributed by atoms with Gasteiger partial charge in [-0.1, -0.05) is 0 Å². The average molecular weight is 281 g/mol. The molecule has 0 heterocycles. The maximum absolute atomic E-state index is 10.8. The summed E-state index contributed by atoms with van der Waals surface area (Å²) in [6.07, 6.45) is 2.21. The van der Waals surface area contributed by atoms with E-state index < -0.39 is 0 Å². The molecule has 0 aliphatic rings. The SMILES string of the molecule is COc1ccc([N+](=O)[O-])cc1CNCCCCN(C)C. The number of hydrogen-bond acceptors (Lipinski definition) is 5. The van der Waals surface area contributed by atoms with E-state index in [4.69, 9.17) is 4.74 Å². The number of hydrogen-bond donors (Lipinski definition) is 1. The zero-order valence-electron chi connectivity index (χ0n) is 12.4. The fourth-order valence-electron chi connectivity index (χ4n) is 1.92. The fraction of sp³-hybridized carbons (Fsp3) is 0.571. The van der Waals surface area contributed by atoms with E-state index in [9.17, 15) is 10.1 Å². The average Bonchev–Trinajstić information content (AvgIpc) is 2.42. The third-order valence-corrected chi connectivity index (χ3v) is 3.00. The highest BCUT2D eigenvalue weighted by molar-refractivity contribution is 5.43. The predicted molar refractivity (Wildman–Crippen MR) is 79.1 cm³/mol. The molecule has 0 bridgehead atoms. The van der Waals surface area contributed by atoms with Crippen molar-refractivity contribution >= 4 is 5.69 Å². The van der Waals surface area contributed by atoms with Crippen LogP contribution in [-0.4, -0.2) is 44.1 Å². The minimum absolute atomic E-state index is 0.0928. The second kappa shape index (κ2) is 8.50. The van der Waals surface area contributed by atoms with Crippen LogP contribution in [0.25, 0.3) is 0 Å². The van der Waals surface area contributed by atoms with E-state index in [0.29, 0.717) is 12.3 Å². The van der Waals surface area contributed by atoms with Crippen LogP contribution in [0.3, 0.4) is 0 Å². The molecule has 0 saturated heterocycles. The Hall–Kier alpha value is -1.66. The Balaban J connectivity index is 2.45. The van der Waals surface area contributed by atoms with Crippen molar-refractivity contribution in [2.24, 2.45) is 0 Å². The van der Waals surface area contributed by atoms with Crippen molar-refractivity contribution in [3.63, 3.8) is 0 Å². The quantitative estimate of drug-likeness (QED) is 0.426. The number of unbranched alkanes of at least 4 members (excludes halogenated alkanes) is 1. The van der Waals surface area contributed by atoms with Gasteiger partial charge in [-0.2, -0.15) is 0 Å². The Labute approximate surface area is 119 Å². The summed E-state index contributed by atoms with van der Waals surface area (Å²) in [5, 5.41) is 14.1. The van der Waals surface area contributed by atoms with Gasteiger partial charge in [0.25, 0.3) is 5.69 Å². The molecule has 0 atom stereocenters. The smallest absolute Gasteiger partial charge is 0.270 e. The molecule has 1 rings (SSSR count). The lowest BCUT2D eigenvalue weighted by molar-refractivity contribution is -0.384. The largest absolute Gasteiger partial charge is 0.496 e. The third-order valence-electron chi connectivity index (χ3n) is 3.00. The van der Waals surface area contributed by atoms with Crippen LogP contribution in [0.5, 0.6) is 5.75 Å². The number of nitro benzene ring substituents is 1. The molecule has 1 aromatic carbocycles. The lowest BCUT2D eigenvalue weighted by Crippen LogP contribution is -2.18. The topological polar surface area (TPSA) is 67.6 Å². The monoisotopic (exact) mass is 281 g/mol. The summed E-state index contributed by atoms with van der Waals surface area (Å²) in [5.41, 5.74) is 0.907. The molecular formula is C14H23N3O3. The Kier molecular flexibility index (Phi) is 6.97. The Morgan fingerprint density at radius 2 is 2.10 bits per heavy atom. The van der Waals surface area contributed by atoms with Gasteiger partial charge in [-0.25, -0.2) is 0 Å². The van der Waals surface area contributed by atoms with E-state index in [2.05, 4.69) is 24.3 Å². The number of non-ortho nitro benzene ring substituents is 1. The number of nitro groups is 1. The summed E-state index contributed by atoms with van der Waals surface area (Å²) in [6, 6.07) is 4.66. The van der Waals surface area contributed by atoms with E-state index in [-0.39, 0.29) is 10.6 Å². The molecule has 0 amide bonds. The van der Waals surface area contributed by atoms with Crippen molar-refractivity contribution in [2.75, 3.05) is 34.3 Å². The number of benzene rings is 1. The van der Waals surface area contributed by atoms with Gasteiger partial charge in [0, 0.05) is 24.2 Å². The molecular weight excluding hydrogens is 258 g/mol. The number of methoxy groups -OCH3 is 1. The van der Waals surface area contributed by atoms with E-state index in [1.54, 1.807) is 19.2 Å². The molecule has 1 aromatic rings. The summed E-state index contributed by atoms with van der Waals surface area (Å²) in [4.78, 5) is 12.5. The lowest BCUT2D eigenvalue weighted by atomic mass is 10.1. The molecule has 0 saturated carbocycles. The molecule has 1 N–H and O–H groups in total. The summed E-state index contributed by atoms with van der Waals surface area (Å²) in [5.74, 6) is 0.677. The molecule has 6 heteroatoms. The molecule has 0 aliphatic carbocycles. The molecule has 20 heavy (non-hydrogen) atoms. The Morgan fingerprint density at radius 1 is 1.35 bits per heavy atom. The van der Waals surface area contributed by atoms with Crippen molar-refractivity contribution in [1.82, 2.24) is 10.2 Å². The summed E-state index contributed by atoms with van der Waals surface area (Å²) in [6.45, 7) is 2.54. The first-order valence-corrected chi connectivity index (χ1v) is 6.71. The minimum atomic E-state index is -0.389. The number of nitrogens with one attached hydrogen (secondary N) is 1. The van der Waals surface area contributed by atoms with Crippen LogP contribution in [0.2, 0.25) is 0 Å². The maximum atomic E-state index is 10.8. The van der Waals surface area contributed by atoms with Gasteiger partial charge in [-0.15, -0.1) is 0 Å². The fourth-order valence-corrected chi connectivity index (χ4v) is 1.92. The van der Waals surface area contributed by atoms with Crippen LogP contribution in [0, 0.1) is 10.1 Å². The van der Waals surface area contributed by atoms with Crippen molar-refractivity contribution in [2.45, 2.75) is 19.4 Å². The van der Waals surface area contributed by atoms with Crippen molar-refractivity contribution in [3.8, 4) is 5.75 Å². The minimum Gasteiger partial charge on any atom is -0.496 e. The van der Waals surface area contributed by atoms with E-state index in [0.717, 1.165) is 31.5 Å². The Morgan fingerprint density at radius 3 is 2.70 bits per heavy atom. The Bertz CT molecular complexity index is 436. The van der Waals surface area contributed by atoms with Gasteiger partial charge in [0.05, 0.1) is 12.0 Å². The van der Waals surface area contributed by atoms with Crippen LogP contribution in [0.4, 0.5) is 5.69 Å². The lowest BCUT2D eigenvalue weighted by Gasteiger charge is -2.11. The van der Waals surface area contributed by atoms with E-state index >= 15 is 0 Å². The molecule has 112 valence electrons. The molecule has 0 aromatic heterocycles. The van der Waals surface area contributed by atoms with Gasteiger partial charge >= 0.3 is 0 Å². The summed E-state index contributed by atoms with van der Waals surface area (Å²) in [7, 11) is 5.69. The highest BCUT2D eigenvalue weighted by Gasteiger charge is 2.10. The van der Waals surface area contributed by atoms with Gasteiger partial charge in [-0.3, -0.25) is 10.1 Å². The first kappa shape index (κ1) is 16.4. The van der Waals surface area contributed by atoms with Crippen LogP contribution in [0.1, 0.15) is 18.4 Å². The van der Waals surface area contributed by atoms with E-state index in [1.807, 2.05) is 0 Å². The first-order chi connectivity index (χ1) is 9.54. The molecule has 0 unspecified atom stereocenters. The normalized spacial score (nSPS) is 10.8. The van der Waals surface area contributed by atoms with Crippen LogP contribution in [0.15, 0.2) is 18.2 Å². The number of nitrogens with zero attached hydrogens (tertiary/aromatic N) is 2. The molecule has 6 nitrogen and oxygen atoms in total. The first-order valence-electron chi connectivity index (χ1n) is 6.71. The van der Waals surface area contributed by atoms with Crippen molar-refractivity contribution < 1.29 is 9.66 Å². The summed E-state index contributed by atoms with van der Waals surface area (Å²) < 4.78 is 5.22. The van der Waals surface area contributed by atoms with Gasteiger partial charge < -0.3 is 15.0 Å².